The van der Waals surface area contributed by atoms with Gasteiger partial charge in [0.1, 0.15) is 6.10 Å². The SMILES string of the molecule is COC(=O)O[C@H]1CNC(=O)C1. The molecular formula is C6H9NO4. The first-order valence-corrected chi connectivity index (χ1v) is 3.23. The Labute approximate surface area is 63.7 Å². The fourth-order valence-electron chi connectivity index (χ4n) is 0.846. The molecule has 0 saturated carbocycles. The number of carbonyl (C=O) groups is 2. The maximum Gasteiger partial charge on any atom is 0.508 e. The lowest BCUT2D eigenvalue weighted by Crippen LogP contribution is -2.20. The summed E-state index contributed by atoms with van der Waals surface area (Å²) in [6, 6.07) is 0. The molecule has 0 aliphatic carbocycles. The largest absolute Gasteiger partial charge is 0.508 e. The Balaban J connectivity index is 2.28. The number of amides is 1. The van der Waals surface area contributed by atoms with Crippen LogP contribution in [0.15, 0.2) is 0 Å². The van der Waals surface area contributed by atoms with E-state index in [1.807, 2.05) is 0 Å². The van der Waals surface area contributed by atoms with E-state index in [0.717, 1.165) is 0 Å². The molecule has 0 spiro atoms. The van der Waals surface area contributed by atoms with E-state index in [1.54, 1.807) is 0 Å². The van der Waals surface area contributed by atoms with Crippen molar-refractivity contribution in [1.29, 1.82) is 0 Å². The van der Waals surface area contributed by atoms with Gasteiger partial charge in [0.25, 0.3) is 0 Å². The van der Waals surface area contributed by atoms with Gasteiger partial charge in [-0.05, 0) is 0 Å². The predicted octanol–water partition coefficient (Wildman–Crippen LogP) is -0.342. The average molecular weight is 159 g/mol. The van der Waals surface area contributed by atoms with Crippen LogP contribution in [0, 0.1) is 0 Å². The molecule has 0 aromatic rings. The van der Waals surface area contributed by atoms with Gasteiger partial charge in [0, 0.05) is 0 Å². The summed E-state index contributed by atoms with van der Waals surface area (Å²) in [5.74, 6) is -0.0982. The Morgan fingerprint density at radius 1 is 1.73 bits per heavy atom. The molecule has 0 bridgehead atoms. The molecule has 1 saturated heterocycles. The quantitative estimate of drug-likeness (QED) is 0.531. The molecule has 1 atom stereocenters. The summed E-state index contributed by atoms with van der Waals surface area (Å²) in [6.45, 7) is 0.383. The van der Waals surface area contributed by atoms with Crippen LogP contribution in [-0.4, -0.2) is 31.8 Å². The lowest BCUT2D eigenvalue weighted by molar-refractivity contribution is -0.119. The third-order valence-electron chi connectivity index (χ3n) is 1.37. The molecule has 1 fully saturated rings. The zero-order chi connectivity index (χ0) is 8.27. The minimum absolute atomic E-state index is 0.0982. The first-order valence-electron chi connectivity index (χ1n) is 3.23. The molecule has 0 aromatic heterocycles. The van der Waals surface area contributed by atoms with E-state index in [1.165, 1.54) is 7.11 Å². The van der Waals surface area contributed by atoms with E-state index < -0.39 is 6.16 Å². The molecule has 1 aliphatic rings. The second-order valence-corrected chi connectivity index (χ2v) is 2.20. The number of carbonyl (C=O) groups excluding carboxylic acids is 2. The van der Waals surface area contributed by atoms with Gasteiger partial charge in [-0.1, -0.05) is 0 Å². The maximum atomic E-state index is 10.6. The summed E-state index contributed by atoms with van der Waals surface area (Å²) in [7, 11) is 1.23. The molecule has 1 heterocycles. The average Bonchev–Trinajstić information content (AvgIpc) is 2.35. The molecule has 11 heavy (non-hydrogen) atoms. The Hall–Kier alpha value is -1.26. The Morgan fingerprint density at radius 2 is 2.45 bits per heavy atom. The van der Waals surface area contributed by atoms with Gasteiger partial charge in [-0.25, -0.2) is 4.79 Å². The predicted molar refractivity (Wildman–Crippen MR) is 34.9 cm³/mol. The third-order valence-corrected chi connectivity index (χ3v) is 1.37. The van der Waals surface area contributed by atoms with Gasteiger partial charge in [0.2, 0.25) is 5.91 Å². The normalized spacial score (nSPS) is 22.6. The van der Waals surface area contributed by atoms with Crippen LogP contribution >= 0.6 is 0 Å². The fourth-order valence-corrected chi connectivity index (χ4v) is 0.846. The van der Waals surface area contributed by atoms with Crippen LogP contribution in [0.2, 0.25) is 0 Å². The van der Waals surface area contributed by atoms with Crippen molar-refractivity contribution in [2.45, 2.75) is 12.5 Å². The van der Waals surface area contributed by atoms with Crippen molar-refractivity contribution in [2.75, 3.05) is 13.7 Å². The number of hydrogen-bond donors (Lipinski definition) is 1. The highest BCUT2D eigenvalue weighted by Crippen LogP contribution is 2.04. The van der Waals surface area contributed by atoms with E-state index in [4.69, 9.17) is 0 Å². The maximum absolute atomic E-state index is 10.6. The lowest BCUT2D eigenvalue weighted by Gasteiger charge is -2.06. The molecule has 1 amide bonds. The van der Waals surface area contributed by atoms with E-state index in [0.29, 0.717) is 6.54 Å². The van der Waals surface area contributed by atoms with Crippen LogP contribution in [0.5, 0.6) is 0 Å². The topological polar surface area (TPSA) is 64.6 Å². The Kier molecular flexibility index (Phi) is 2.30. The highest BCUT2D eigenvalue weighted by atomic mass is 16.7. The monoisotopic (exact) mass is 159 g/mol. The van der Waals surface area contributed by atoms with Crippen LogP contribution in [0.1, 0.15) is 6.42 Å². The van der Waals surface area contributed by atoms with E-state index in [-0.39, 0.29) is 18.4 Å². The van der Waals surface area contributed by atoms with Gasteiger partial charge in [-0.15, -0.1) is 0 Å². The summed E-state index contributed by atoms with van der Waals surface area (Å²) in [4.78, 5) is 21.1. The lowest BCUT2D eigenvalue weighted by atomic mass is 10.3. The van der Waals surface area contributed by atoms with Crippen LogP contribution in [-0.2, 0) is 14.3 Å². The van der Waals surface area contributed by atoms with E-state index in [9.17, 15) is 9.59 Å². The molecule has 1 N–H and O–H groups in total. The Bertz CT molecular complexity index is 179. The highest BCUT2D eigenvalue weighted by Gasteiger charge is 2.24. The molecule has 5 heteroatoms. The van der Waals surface area contributed by atoms with Crippen LogP contribution in [0.3, 0.4) is 0 Å². The van der Waals surface area contributed by atoms with Crippen LogP contribution in [0.25, 0.3) is 0 Å². The second-order valence-electron chi connectivity index (χ2n) is 2.20. The number of ether oxygens (including phenoxy) is 2. The molecular weight excluding hydrogens is 150 g/mol. The summed E-state index contributed by atoms with van der Waals surface area (Å²) in [6.07, 6.45) is -0.879. The minimum Gasteiger partial charge on any atom is -0.438 e. The van der Waals surface area contributed by atoms with Gasteiger partial charge in [-0.2, -0.15) is 0 Å². The molecule has 0 radical (unpaired) electrons. The molecule has 0 unspecified atom stereocenters. The summed E-state index contributed by atoms with van der Waals surface area (Å²) >= 11 is 0. The zero-order valence-corrected chi connectivity index (χ0v) is 6.12. The fraction of sp³-hybridized carbons (Fsp3) is 0.667. The van der Waals surface area contributed by atoms with E-state index >= 15 is 0 Å². The molecule has 5 nitrogen and oxygen atoms in total. The van der Waals surface area contributed by atoms with Crippen molar-refractivity contribution in [3.63, 3.8) is 0 Å². The molecule has 1 aliphatic heterocycles. The van der Waals surface area contributed by atoms with Crippen molar-refractivity contribution in [2.24, 2.45) is 0 Å². The van der Waals surface area contributed by atoms with Gasteiger partial charge >= 0.3 is 6.16 Å². The number of nitrogens with one attached hydrogen (secondary N) is 1. The van der Waals surface area contributed by atoms with Crippen molar-refractivity contribution < 1.29 is 19.1 Å². The number of rotatable bonds is 1. The summed E-state index contributed by atoms with van der Waals surface area (Å²) < 4.78 is 8.93. The van der Waals surface area contributed by atoms with Gasteiger partial charge in [0.15, 0.2) is 0 Å². The number of methoxy groups -OCH3 is 1. The smallest absolute Gasteiger partial charge is 0.438 e. The standard InChI is InChI=1S/C6H9NO4/c1-10-6(9)11-4-2-5(8)7-3-4/h4H,2-3H2,1H3,(H,7,8)/t4-/m1/s1. The van der Waals surface area contributed by atoms with Gasteiger partial charge in [0.05, 0.1) is 20.1 Å². The third kappa shape index (κ3) is 2.10. The zero-order valence-electron chi connectivity index (χ0n) is 6.12. The van der Waals surface area contributed by atoms with Crippen molar-refractivity contribution in [3.8, 4) is 0 Å². The highest BCUT2D eigenvalue weighted by molar-refractivity contribution is 5.79. The number of hydrogen-bond acceptors (Lipinski definition) is 4. The summed E-state index contributed by atoms with van der Waals surface area (Å²) in [5.41, 5.74) is 0. The Morgan fingerprint density at radius 3 is 2.91 bits per heavy atom. The first kappa shape index (κ1) is 7.84. The first-order chi connectivity index (χ1) is 5.22. The van der Waals surface area contributed by atoms with Crippen LogP contribution < -0.4 is 5.32 Å². The van der Waals surface area contributed by atoms with Crippen LogP contribution in [0.4, 0.5) is 4.79 Å². The summed E-state index contributed by atoms with van der Waals surface area (Å²) in [5, 5.41) is 2.53. The second kappa shape index (κ2) is 3.23. The van der Waals surface area contributed by atoms with Gasteiger partial charge < -0.3 is 14.8 Å². The van der Waals surface area contributed by atoms with Gasteiger partial charge in [-0.3, -0.25) is 4.79 Å². The van der Waals surface area contributed by atoms with Crippen molar-refractivity contribution in [1.82, 2.24) is 5.32 Å². The van der Waals surface area contributed by atoms with Crippen molar-refractivity contribution in [3.05, 3.63) is 0 Å². The van der Waals surface area contributed by atoms with Crippen molar-refractivity contribution >= 4 is 12.1 Å². The minimum atomic E-state index is -0.744. The van der Waals surface area contributed by atoms with E-state index in [2.05, 4.69) is 14.8 Å². The molecule has 62 valence electrons. The molecule has 1 rings (SSSR count). The molecule has 0 aromatic carbocycles.